The monoisotopic (exact) mass is 596 g/mol. The topological polar surface area (TPSA) is 55.4 Å². The Morgan fingerprint density at radius 3 is 1.76 bits per heavy atom. The Morgan fingerprint density at radius 2 is 1.24 bits per heavy atom. The molecule has 1 heterocycles. The van der Waals surface area contributed by atoms with Gasteiger partial charge < -0.3 is 28.1 Å². The van der Waals surface area contributed by atoms with Crippen LogP contribution in [0.2, 0.25) is 18.1 Å². The molecule has 0 radical (unpaired) electrons. The minimum Gasteiger partial charge on any atom is -0.497 e. The average Bonchev–Trinajstić information content (AvgIpc) is 3.03. The summed E-state index contributed by atoms with van der Waals surface area (Å²) >= 11 is 1.69. The van der Waals surface area contributed by atoms with E-state index < -0.39 is 8.32 Å². The lowest BCUT2D eigenvalue weighted by Gasteiger charge is -2.45. The summed E-state index contributed by atoms with van der Waals surface area (Å²) in [5.74, 6) is 1.65. The first-order chi connectivity index (χ1) is 20.0. The Kier molecular flexibility index (Phi) is 12.2. The fourth-order valence-corrected chi connectivity index (χ4v) is 9.03. The van der Waals surface area contributed by atoms with E-state index in [9.17, 15) is 0 Å². The molecule has 41 heavy (non-hydrogen) atoms. The zero-order valence-electron chi connectivity index (χ0n) is 24.9. The molecule has 1 saturated heterocycles. The molecule has 1 aliphatic heterocycles. The zero-order valence-corrected chi connectivity index (χ0v) is 26.7. The molecule has 0 aliphatic carbocycles. The smallest absolute Gasteiger partial charge is 0.192 e. The number of thioether (sulfide) groups is 1. The molecule has 0 spiro atoms. The molecule has 1 fully saturated rings. The van der Waals surface area contributed by atoms with Crippen LogP contribution in [-0.4, -0.2) is 52.9 Å². The van der Waals surface area contributed by atoms with Gasteiger partial charge in [-0.05, 0) is 65.7 Å². The quantitative estimate of drug-likeness (QED) is 0.167. The van der Waals surface area contributed by atoms with Crippen LogP contribution in [0.4, 0.5) is 0 Å². The zero-order chi connectivity index (χ0) is 29.1. The summed E-state index contributed by atoms with van der Waals surface area (Å²) in [5, 5.41) is 0. The van der Waals surface area contributed by atoms with E-state index in [0.29, 0.717) is 19.8 Å². The maximum atomic E-state index is 7.23. The van der Waals surface area contributed by atoms with Crippen LogP contribution in [0.15, 0.2) is 83.8 Å². The minimum atomic E-state index is -2.01. The van der Waals surface area contributed by atoms with Gasteiger partial charge in [0.15, 0.2) is 8.32 Å². The van der Waals surface area contributed by atoms with Crippen LogP contribution < -0.4 is 9.47 Å². The highest BCUT2D eigenvalue weighted by Crippen LogP contribution is 2.38. The second-order valence-electron chi connectivity index (χ2n) is 10.3. The van der Waals surface area contributed by atoms with Crippen molar-refractivity contribution < 1.29 is 28.1 Å². The van der Waals surface area contributed by atoms with Gasteiger partial charge in [-0.15, -0.1) is 0 Å². The van der Waals surface area contributed by atoms with Crippen LogP contribution in [0.1, 0.15) is 31.9 Å². The van der Waals surface area contributed by atoms with E-state index in [2.05, 4.69) is 45.0 Å². The summed E-state index contributed by atoms with van der Waals surface area (Å²) in [6.07, 6.45) is -0.844. The molecular weight excluding hydrogens is 553 g/mol. The molecule has 4 rings (SSSR count). The average molecular weight is 597 g/mol. The van der Waals surface area contributed by atoms with E-state index >= 15 is 0 Å². The van der Waals surface area contributed by atoms with Gasteiger partial charge >= 0.3 is 0 Å². The molecule has 0 unspecified atom stereocenters. The predicted octanol–water partition coefficient (Wildman–Crippen LogP) is 7.71. The van der Waals surface area contributed by atoms with Crippen LogP contribution in [-0.2, 0) is 31.9 Å². The van der Waals surface area contributed by atoms with Crippen LogP contribution in [0.3, 0.4) is 0 Å². The Bertz CT molecular complexity index is 1150. The lowest BCUT2D eigenvalue weighted by atomic mass is 10.1. The summed E-state index contributed by atoms with van der Waals surface area (Å²) in [7, 11) is 1.34. The van der Waals surface area contributed by atoms with E-state index in [1.807, 2.05) is 54.6 Å². The maximum Gasteiger partial charge on any atom is 0.192 e. The predicted molar refractivity (Wildman–Crippen MR) is 167 cm³/mol. The van der Waals surface area contributed by atoms with Crippen molar-refractivity contribution in [1.29, 1.82) is 0 Å². The van der Waals surface area contributed by atoms with Gasteiger partial charge in [0.05, 0.1) is 34.0 Å². The molecule has 3 aromatic carbocycles. The third-order valence-electron chi connectivity index (χ3n) is 7.92. The summed E-state index contributed by atoms with van der Waals surface area (Å²) in [6.45, 7) is 8.11. The Labute approximate surface area is 250 Å². The lowest BCUT2D eigenvalue weighted by Crippen LogP contribution is -2.58. The molecule has 0 N–H and O–H groups in total. The first-order valence-corrected chi connectivity index (χ1v) is 17.9. The molecular formula is C33H44O6SSi. The van der Waals surface area contributed by atoms with E-state index in [1.54, 1.807) is 26.0 Å². The van der Waals surface area contributed by atoms with Crippen molar-refractivity contribution in [2.45, 2.75) is 80.8 Å². The van der Waals surface area contributed by atoms with E-state index in [-0.39, 0.29) is 23.7 Å². The van der Waals surface area contributed by atoms with Crippen molar-refractivity contribution >= 4 is 20.1 Å². The fourth-order valence-electron chi connectivity index (χ4n) is 5.07. The second-order valence-corrected chi connectivity index (χ2v) is 16.2. The third-order valence-corrected chi connectivity index (χ3v) is 13.7. The highest BCUT2D eigenvalue weighted by Gasteiger charge is 2.47. The third kappa shape index (κ3) is 8.59. The molecule has 4 atom stereocenters. The Morgan fingerprint density at radius 1 is 0.707 bits per heavy atom. The van der Waals surface area contributed by atoms with Crippen LogP contribution in [0, 0.1) is 0 Å². The largest absolute Gasteiger partial charge is 0.497 e. The number of methoxy groups -OCH3 is 2. The number of rotatable bonds is 15. The highest BCUT2D eigenvalue weighted by atomic mass is 32.2. The van der Waals surface area contributed by atoms with E-state index in [1.165, 1.54) is 0 Å². The standard InChI is InChI=1S/C33H44O6SSi/c1-6-41(7-2,8-3)39-31-30(36-22-25-14-18-27(34-4)19-15-25)24-38-33(40-29-12-10-9-11-13-29)32(31)37-23-26-16-20-28(35-5)21-17-26/h9-21,30-33H,6-8,22-24H2,1-5H3/t30-,31+,32-,33+/m1/s1. The molecule has 0 amide bonds. The number of ether oxygens (including phenoxy) is 5. The van der Waals surface area contributed by atoms with E-state index in [0.717, 1.165) is 45.7 Å². The molecule has 8 heteroatoms. The fraction of sp³-hybridized carbons (Fsp3) is 0.455. The van der Waals surface area contributed by atoms with Crippen LogP contribution >= 0.6 is 11.8 Å². The second kappa shape index (κ2) is 15.8. The van der Waals surface area contributed by atoms with Gasteiger partial charge in [-0.2, -0.15) is 0 Å². The van der Waals surface area contributed by atoms with Gasteiger partial charge in [0, 0.05) is 4.90 Å². The molecule has 0 aromatic heterocycles. The number of hydrogen-bond donors (Lipinski definition) is 0. The summed E-state index contributed by atoms with van der Waals surface area (Å²) in [6, 6.07) is 29.5. The van der Waals surface area contributed by atoms with Crippen molar-refractivity contribution in [3.05, 3.63) is 90.0 Å². The van der Waals surface area contributed by atoms with Crippen molar-refractivity contribution in [1.82, 2.24) is 0 Å². The van der Waals surface area contributed by atoms with Gasteiger partial charge in [-0.25, -0.2) is 0 Å². The molecule has 1 aliphatic rings. The Balaban J connectivity index is 1.61. The summed E-state index contributed by atoms with van der Waals surface area (Å²) in [4.78, 5) is 1.14. The Hall–Kier alpha value is -2.33. The first-order valence-electron chi connectivity index (χ1n) is 14.5. The molecule has 0 saturated carbocycles. The summed E-state index contributed by atoms with van der Waals surface area (Å²) < 4.78 is 37.7. The molecule has 222 valence electrons. The maximum absolute atomic E-state index is 7.23. The van der Waals surface area contributed by atoms with Crippen LogP contribution in [0.25, 0.3) is 0 Å². The van der Waals surface area contributed by atoms with Gasteiger partial charge in [-0.3, -0.25) is 0 Å². The highest BCUT2D eigenvalue weighted by molar-refractivity contribution is 7.99. The van der Waals surface area contributed by atoms with Gasteiger partial charge in [0.25, 0.3) is 0 Å². The van der Waals surface area contributed by atoms with Crippen molar-refractivity contribution in [2.24, 2.45) is 0 Å². The SMILES string of the molecule is CC[Si](CC)(CC)O[C@@H]1[C@@H](OCc2ccc(OC)cc2)[C@H](Sc2ccccc2)OC[C@H]1OCc1ccc(OC)cc1. The number of benzene rings is 3. The number of hydrogen-bond acceptors (Lipinski definition) is 7. The summed E-state index contributed by atoms with van der Waals surface area (Å²) in [5.41, 5.74) is 1.91. The molecule has 6 nitrogen and oxygen atoms in total. The van der Waals surface area contributed by atoms with Crippen molar-refractivity contribution in [3.8, 4) is 11.5 Å². The molecule has 0 bridgehead atoms. The normalized spacial score (nSPS) is 21.0. The van der Waals surface area contributed by atoms with E-state index in [4.69, 9.17) is 28.1 Å². The lowest BCUT2D eigenvalue weighted by molar-refractivity contribution is -0.196. The van der Waals surface area contributed by atoms with Gasteiger partial charge in [0.2, 0.25) is 0 Å². The van der Waals surface area contributed by atoms with Gasteiger partial charge in [0.1, 0.15) is 35.2 Å². The van der Waals surface area contributed by atoms with Gasteiger partial charge in [-0.1, -0.05) is 75.0 Å². The van der Waals surface area contributed by atoms with Crippen LogP contribution in [0.5, 0.6) is 11.5 Å². The molecule has 3 aromatic rings. The van der Waals surface area contributed by atoms with Crippen molar-refractivity contribution in [3.63, 3.8) is 0 Å². The minimum absolute atomic E-state index is 0.237. The first kappa shape index (κ1) is 31.6. The van der Waals surface area contributed by atoms with Crippen molar-refractivity contribution in [2.75, 3.05) is 20.8 Å².